The Kier molecular flexibility index (Phi) is 4.91. The molecular formula is C17H22N4OS. The van der Waals surface area contributed by atoms with Crippen molar-refractivity contribution in [2.24, 2.45) is 5.92 Å². The van der Waals surface area contributed by atoms with E-state index in [9.17, 15) is 4.79 Å². The van der Waals surface area contributed by atoms with Crippen LogP contribution in [0.2, 0.25) is 0 Å². The standard InChI is InChI=1S/C17H22N4OS/c1-13-5-9-23-15(13)12-20(2)17(22)14-4-3-8-21(11-14)16-10-18-6-7-19-16/h5-7,9-10,14H,3-4,8,11-12H2,1-2H3. The zero-order valence-corrected chi connectivity index (χ0v) is 14.4. The third kappa shape index (κ3) is 3.69. The average molecular weight is 330 g/mol. The van der Waals surface area contributed by atoms with Crippen LogP contribution in [0.5, 0.6) is 0 Å². The normalized spacial score (nSPS) is 18.0. The lowest BCUT2D eigenvalue weighted by molar-refractivity contribution is -0.135. The Morgan fingerprint density at radius 3 is 3.04 bits per heavy atom. The van der Waals surface area contributed by atoms with Crippen LogP contribution in [0.4, 0.5) is 5.82 Å². The molecule has 2 aromatic rings. The summed E-state index contributed by atoms with van der Waals surface area (Å²) in [5.41, 5.74) is 1.26. The van der Waals surface area contributed by atoms with E-state index in [0.29, 0.717) is 6.54 Å². The van der Waals surface area contributed by atoms with Crippen LogP contribution in [0.3, 0.4) is 0 Å². The van der Waals surface area contributed by atoms with E-state index < -0.39 is 0 Å². The Morgan fingerprint density at radius 1 is 1.48 bits per heavy atom. The molecule has 1 atom stereocenters. The van der Waals surface area contributed by atoms with Gasteiger partial charge >= 0.3 is 0 Å². The van der Waals surface area contributed by atoms with Crippen molar-refractivity contribution in [2.75, 3.05) is 25.0 Å². The fraction of sp³-hybridized carbons (Fsp3) is 0.471. The molecule has 0 N–H and O–H groups in total. The number of aromatic nitrogens is 2. The molecule has 0 saturated carbocycles. The number of thiophene rings is 1. The van der Waals surface area contributed by atoms with Gasteiger partial charge in [0, 0.05) is 37.4 Å². The number of anilines is 1. The van der Waals surface area contributed by atoms with E-state index in [2.05, 4.69) is 33.2 Å². The van der Waals surface area contributed by atoms with Crippen LogP contribution in [0.1, 0.15) is 23.3 Å². The molecule has 0 spiro atoms. The zero-order chi connectivity index (χ0) is 16.2. The second-order valence-electron chi connectivity index (χ2n) is 6.07. The predicted molar refractivity (Wildman–Crippen MR) is 92.5 cm³/mol. The van der Waals surface area contributed by atoms with E-state index in [1.165, 1.54) is 10.4 Å². The molecule has 6 heteroatoms. The fourth-order valence-corrected chi connectivity index (χ4v) is 3.97. The average Bonchev–Trinajstić information content (AvgIpc) is 3.00. The van der Waals surface area contributed by atoms with Crippen LogP contribution in [0, 0.1) is 12.8 Å². The molecule has 0 bridgehead atoms. The Morgan fingerprint density at radius 2 is 2.35 bits per heavy atom. The second kappa shape index (κ2) is 7.08. The molecule has 0 radical (unpaired) electrons. The number of hydrogen-bond donors (Lipinski definition) is 0. The van der Waals surface area contributed by atoms with Crippen molar-refractivity contribution >= 4 is 23.1 Å². The number of rotatable bonds is 4. The lowest BCUT2D eigenvalue weighted by Crippen LogP contribution is -2.43. The Labute approximate surface area is 141 Å². The molecule has 2 aromatic heterocycles. The third-order valence-corrected chi connectivity index (χ3v) is 5.38. The topological polar surface area (TPSA) is 49.3 Å². The highest BCUT2D eigenvalue weighted by Crippen LogP contribution is 2.24. The number of nitrogens with zero attached hydrogens (tertiary/aromatic N) is 4. The number of amides is 1. The van der Waals surface area contributed by atoms with Crippen LogP contribution in [-0.2, 0) is 11.3 Å². The van der Waals surface area contributed by atoms with E-state index in [4.69, 9.17) is 0 Å². The molecule has 1 amide bonds. The monoisotopic (exact) mass is 330 g/mol. The molecule has 0 aromatic carbocycles. The summed E-state index contributed by atoms with van der Waals surface area (Å²) in [4.78, 5) is 26.6. The molecule has 3 rings (SSSR count). The number of aryl methyl sites for hydroxylation is 1. The summed E-state index contributed by atoms with van der Waals surface area (Å²) < 4.78 is 0. The number of piperidine rings is 1. The van der Waals surface area contributed by atoms with Crippen molar-refractivity contribution in [2.45, 2.75) is 26.3 Å². The second-order valence-corrected chi connectivity index (χ2v) is 7.07. The summed E-state index contributed by atoms with van der Waals surface area (Å²) in [7, 11) is 1.91. The molecule has 3 heterocycles. The number of hydrogen-bond acceptors (Lipinski definition) is 5. The first-order chi connectivity index (χ1) is 11.1. The summed E-state index contributed by atoms with van der Waals surface area (Å²) in [5, 5.41) is 2.08. The van der Waals surface area contributed by atoms with Gasteiger partial charge in [0.25, 0.3) is 0 Å². The summed E-state index contributed by atoms with van der Waals surface area (Å²) in [6.07, 6.45) is 7.10. The summed E-state index contributed by atoms with van der Waals surface area (Å²) in [6, 6.07) is 2.11. The Balaban J connectivity index is 1.64. The first-order valence-electron chi connectivity index (χ1n) is 7.94. The van der Waals surface area contributed by atoms with Gasteiger partial charge < -0.3 is 9.80 Å². The van der Waals surface area contributed by atoms with Gasteiger partial charge in [-0.15, -0.1) is 11.3 Å². The highest BCUT2D eigenvalue weighted by molar-refractivity contribution is 7.10. The molecule has 122 valence electrons. The smallest absolute Gasteiger partial charge is 0.227 e. The van der Waals surface area contributed by atoms with E-state index >= 15 is 0 Å². The van der Waals surface area contributed by atoms with Gasteiger partial charge in [-0.05, 0) is 36.8 Å². The molecule has 5 nitrogen and oxygen atoms in total. The lowest BCUT2D eigenvalue weighted by atomic mass is 9.96. The van der Waals surface area contributed by atoms with Gasteiger partial charge in [-0.3, -0.25) is 9.78 Å². The summed E-state index contributed by atoms with van der Waals surface area (Å²) in [5.74, 6) is 1.13. The number of carbonyl (C=O) groups excluding carboxylic acids is 1. The molecular weight excluding hydrogens is 308 g/mol. The minimum absolute atomic E-state index is 0.0380. The maximum atomic E-state index is 12.8. The minimum Gasteiger partial charge on any atom is -0.355 e. The van der Waals surface area contributed by atoms with Gasteiger partial charge in [0.2, 0.25) is 5.91 Å². The zero-order valence-electron chi connectivity index (χ0n) is 13.6. The SMILES string of the molecule is Cc1ccsc1CN(C)C(=O)C1CCCN(c2cnccn2)C1. The lowest BCUT2D eigenvalue weighted by Gasteiger charge is -2.34. The quantitative estimate of drug-likeness (QED) is 0.865. The van der Waals surface area contributed by atoms with Gasteiger partial charge in [0.1, 0.15) is 5.82 Å². The Bertz CT molecular complexity index is 658. The van der Waals surface area contributed by atoms with Crippen LogP contribution >= 0.6 is 11.3 Å². The van der Waals surface area contributed by atoms with Crippen molar-refractivity contribution in [1.29, 1.82) is 0 Å². The van der Waals surface area contributed by atoms with E-state index in [0.717, 1.165) is 31.7 Å². The molecule has 1 unspecified atom stereocenters. The van der Waals surface area contributed by atoms with Gasteiger partial charge in [0.05, 0.1) is 18.7 Å². The van der Waals surface area contributed by atoms with Crippen molar-refractivity contribution in [3.05, 3.63) is 40.5 Å². The van der Waals surface area contributed by atoms with Crippen LogP contribution in [-0.4, -0.2) is 40.9 Å². The van der Waals surface area contributed by atoms with Crippen molar-refractivity contribution in [3.63, 3.8) is 0 Å². The first-order valence-corrected chi connectivity index (χ1v) is 8.82. The molecule has 1 fully saturated rings. The highest BCUT2D eigenvalue weighted by Gasteiger charge is 2.28. The highest BCUT2D eigenvalue weighted by atomic mass is 32.1. The van der Waals surface area contributed by atoms with Crippen molar-refractivity contribution < 1.29 is 4.79 Å². The van der Waals surface area contributed by atoms with E-state index in [1.807, 2.05) is 11.9 Å². The van der Waals surface area contributed by atoms with Crippen LogP contribution in [0.15, 0.2) is 30.0 Å². The fourth-order valence-electron chi connectivity index (χ4n) is 3.01. The predicted octanol–water partition coefficient (Wildman–Crippen LogP) is 2.72. The maximum absolute atomic E-state index is 12.8. The van der Waals surface area contributed by atoms with Crippen molar-refractivity contribution in [1.82, 2.24) is 14.9 Å². The molecule has 23 heavy (non-hydrogen) atoms. The summed E-state index contributed by atoms with van der Waals surface area (Å²) >= 11 is 1.72. The molecule has 1 saturated heterocycles. The third-order valence-electron chi connectivity index (χ3n) is 4.37. The Hall–Kier alpha value is -1.95. The van der Waals surface area contributed by atoms with Gasteiger partial charge in [0.15, 0.2) is 0 Å². The van der Waals surface area contributed by atoms with Gasteiger partial charge in [-0.1, -0.05) is 0 Å². The molecule has 0 aliphatic carbocycles. The van der Waals surface area contributed by atoms with Crippen molar-refractivity contribution in [3.8, 4) is 0 Å². The first kappa shape index (κ1) is 15.9. The van der Waals surface area contributed by atoms with Gasteiger partial charge in [-0.2, -0.15) is 0 Å². The van der Waals surface area contributed by atoms with E-state index in [-0.39, 0.29) is 11.8 Å². The van der Waals surface area contributed by atoms with Crippen LogP contribution < -0.4 is 4.90 Å². The maximum Gasteiger partial charge on any atom is 0.227 e. The largest absolute Gasteiger partial charge is 0.355 e. The van der Waals surface area contributed by atoms with Crippen LogP contribution in [0.25, 0.3) is 0 Å². The minimum atomic E-state index is 0.0380. The van der Waals surface area contributed by atoms with E-state index in [1.54, 1.807) is 29.9 Å². The van der Waals surface area contributed by atoms with Gasteiger partial charge in [-0.25, -0.2) is 4.98 Å². The number of carbonyl (C=O) groups is 1. The molecule has 1 aliphatic rings. The molecule has 1 aliphatic heterocycles. The summed E-state index contributed by atoms with van der Waals surface area (Å²) in [6.45, 7) is 4.46.